The van der Waals surface area contributed by atoms with Gasteiger partial charge in [0.25, 0.3) is 0 Å². The third-order valence-electron chi connectivity index (χ3n) is 2.36. The monoisotopic (exact) mass is 196 g/mol. The van der Waals surface area contributed by atoms with Crippen molar-refractivity contribution >= 4 is 6.03 Å². The summed E-state index contributed by atoms with van der Waals surface area (Å²) in [4.78, 5) is 10.2. The summed E-state index contributed by atoms with van der Waals surface area (Å²) in [5.41, 5.74) is 3.17. The number of carbonyl (C=O) groups is 1. The topological polar surface area (TPSA) is 55.1 Å². The minimum atomic E-state index is -4.15. The van der Waals surface area contributed by atoms with Crippen LogP contribution in [-0.4, -0.2) is 18.8 Å². The van der Waals surface area contributed by atoms with Gasteiger partial charge in [0, 0.05) is 6.54 Å². The van der Waals surface area contributed by atoms with Crippen LogP contribution in [0, 0.1) is 5.41 Å². The molecule has 1 aliphatic rings. The molecular weight excluding hydrogens is 185 g/mol. The van der Waals surface area contributed by atoms with Gasteiger partial charge >= 0.3 is 12.2 Å². The summed E-state index contributed by atoms with van der Waals surface area (Å²) in [7, 11) is 0. The number of alkyl halides is 3. The van der Waals surface area contributed by atoms with Crippen molar-refractivity contribution in [1.82, 2.24) is 5.32 Å². The Labute approximate surface area is 73.5 Å². The highest BCUT2D eigenvalue weighted by Crippen LogP contribution is 2.59. The largest absolute Gasteiger partial charge is 0.394 e. The van der Waals surface area contributed by atoms with E-state index in [0.29, 0.717) is 0 Å². The fraction of sp³-hybridized carbons (Fsp3) is 0.857. The smallest absolute Gasteiger partial charge is 0.352 e. The second-order valence-corrected chi connectivity index (χ2v) is 3.32. The number of hydrogen-bond donors (Lipinski definition) is 2. The average Bonchev–Trinajstić information content (AvgIpc) is 2.65. The van der Waals surface area contributed by atoms with Crippen LogP contribution in [-0.2, 0) is 0 Å². The summed E-state index contributed by atoms with van der Waals surface area (Å²) in [5, 5.41) is 2.15. The molecule has 6 heteroatoms. The van der Waals surface area contributed by atoms with Crippen LogP contribution in [0.4, 0.5) is 18.0 Å². The van der Waals surface area contributed by atoms with E-state index in [1.165, 1.54) is 0 Å². The normalized spacial score (nSPS) is 19.6. The molecule has 3 N–H and O–H groups in total. The molecule has 0 aromatic heterocycles. The lowest BCUT2D eigenvalue weighted by molar-refractivity contribution is -0.188. The minimum absolute atomic E-state index is 0.00512. The van der Waals surface area contributed by atoms with Crippen molar-refractivity contribution in [3.8, 4) is 0 Å². The van der Waals surface area contributed by atoms with Crippen molar-refractivity contribution in [2.45, 2.75) is 25.4 Å². The highest BCUT2D eigenvalue weighted by Gasteiger charge is 2.62. The Hall–Kier alpha value is -0.940. The molecule has 2 amide bonds. The van der Waals surface area contributed by atoms with Gasteiger partial charge < -0.3 is 11.1 Å². The maximum Gasteiger partial charge on any atom is 0.394 e. The Kier molecular flexibility index (Phi) is 2.40. The van der Waals surface area contributed by atoms with E-state index < -0.39 is 17.6 Å². The Morgan fingerprint density at radius 2 is 2.00 bits per heavy atom. The van der Waals surface area contributed by atoms with Gasteiger partial charge in [-0.25, -0.2) is 4.79 Å². The number of nitrogens with two attached hydrogens (primary N) is 1. The van der Waals surface area contributed by atoms with Crippen molar-refractivity contribution in [2.75, 3.05) is 6.54 Å². The van der Waals surface area contributed by atoms with Crippen LogP contribution in [0.1, 0.15) is 19.3 Å². The number of hydrogen-bond acceptors (Lipinski definition) is 1. The van der Waals surface area contributed by atoms with Gasteiger partial charge in [0.15, 0.2) is 0 Å². The molecule has 0 heterocycles. The standard InChI is InChI=1S/C7H11F3N2O/c8-7(9,10)6(1-2-6)3-4-12-5(11)13/h1-4H2,(H3,11,12,13). The van der Waals surface area contributed by atoms with Gasteiger partial charge in [0.05, 0.1) is 5.41 Å². The lowest BCUT2D eigenvalue weighted by Gasteiger charge is -2.18. The first-order chi connectivity index (χ1) is 5.87. The lowest BCUT2D eigenvalue weighted by atomic mass is 10.0. The molecule has 1 aliphatic carbocycles. The molecule has 0 spiro atoms. The molecule has 0 aliphatic heterocycles. The summed E-state index contributed by atoms with van der Waals surface area (Å²) >= 11 is 0. The van der Waals surface area contributed by atoms with Gasteiger partial charge in [-0.15, -0.1) is 0 Å². The first kappa shape index (κ1) is 10.1. The average molecular weight is 196 g/mol. The van der Waals surface area contributed by atoms with Crippen LogP contribution in [0.25, 0.3) is 0 Å². The number of rotatable bonds is 3. The maximum absolute atomic E-state index is 12.3. The Balaban J connectivity index is 2.32. The van der Waals surface area contributed by atoms with Gasteiger partial charge in [-0.05, 0) is 19.3 Å². The minimum Gasteiger partial charge on any atom is -0.352 e. The Bertz CT molecular complexity index is 210. The number of primary amides is 1. The lowest BCUT2D eigenvalue weighted by Crippen LogP contribution is -2.34. The zero-order valence-corrected chi connectivity index (χ0v) is 6.95. The summed E-state index contributed by atoms with van der Waals surface area (Å²) < 4.78 is 36.8. The van der Waals surface area contributed by atoms with E-state index in [4.69, 9.17) is 5.73 Å². The van der Waals surface area contributed by atoms with E-state index in [0.717, 1.165) is 0 Å². The molecule has 0 atom stereocenters. The number of urea groups is 1. The molecule has 13 heavy (non-hydrogen) atoms. The predicted molar refractivity (Wildman–Crippen MR) is 39.9 cm³/mol. The van der Waals surface area contributed by atoms with Crippen molar-refractivity contribution < 1.29 is 18.0 Å². The van der Waals surface area contributed by atoms with Crippen LogP contribution in [0.15, 0.2) is 0 Å². The molecule has 1 saturated carbocycles. The molecule has 76 valence electrons. The van der Waals surface area contributed by atoms with Crippen molar-refractivity contribution in [3.05, 3.63) is 0 Å². The highest BCUT2D eigenvalue weighted by molar-refractivity contribution is 5.71. The zero-order valence-electron chi connectivity index (χ0n) is 6.95. The molecule has 0 aromatic carbocycles. The number of amides is 2. The molecule has 1 rings (SSSR count). The molecule has 1 fully saturated rings. The fourth-order valence-electron chi connectivity index (χ4n) is 1.25. The van der Waals surface area contributed by atoms with Crippen molar-refractivity contribution in [3.63, 3.8) is 0 Å². The molecule has 3 nitrogen and oxygen atoms in total. The summed E-state index contributed by atoms with van der Waals surface area (Å²) in [5.74, 6) is 0. The van der Waals surface area contributed by atoms with Crippen LogP contribution >= 0.6 is 0 Å². The first-order valence-corrected chi connectivity index (χ1v) is 3.97. The Morgan fingerprint density at radius 3 is 2.31 bits per heavy atom. The van der Waals surface area contributed by atoms with Crippen LogP contribution in [0.5, 0.6) is 0 Å². The summed E-state index contributed by atoms with van der Waals surface area (Å²) in [6, 6.07) is -0.780. The second kappa shape index (κ2) is 3.08. The van der Waals surface area contributed by atoms with Gasteiger partial charge in [0.2, 0.25) is 0 Å². The van der Waals surface area contributed by atoms with E-state index in [9.17, 15) is 18.0 Å². The van der Waals surface area contributed by atoms with Gasteiger partial charge in [-0.2, -0.15) is 13.2 Å². The van der Waals surface area contributed by atoms with Gasteiger partial charge in [-0.3, -0.25) is 0 Å². The van der Waals surface area contributed by atoms with E-state index >= 15 is 0 Å². The predicted octanol–water partition coefficient (Wildman–Crippen LogP) is 1.39. The van der Waals surface area contributed by atoms with Gasteiger partial charge in [-0.1, -0.05) is 0 Å². The van der Waals surface area contributed by atoms with Gasteiger partial charge in [0.1, 0.15) is 0 Å². The van der Waals surface area contributed by atoms with E-state index in [2.05, 4.69) is 5.32 Å². The van der Waals surface area contributed by atoms with Crippen LogP contribution in [0.3, 0.4) is 0 Å². The molecule has 0 radical (unpaired) electrons. The number of carbonyl (C=O) groups excluding carboxylic acids is 1. The highest BCUT2D eigenvalue weighted by atomic mass is 19.4. The van der Waals surface area contributed by atoms with E-state index in [1.54, 1.807) is 0 Å². The second-order valence-electron chi connectivity index (χ2n) is 3.32. The summed E-state index contributed by atoms with van der Waals surface area (Å²) in [6.07, 6.45) is -3.89. The molecule has 0 saturated heterocycles. The summed E-state index contributed by atoms with van der Waals surface area (Å²) in [6.45, 7) is -0.00512. The van der Waals surface area contributed by atoms with Crippen molar-refractivity contribution in [2.24, 2.45) is 11.1 Å². The Morgan fingerprint density at radius 1 is 1.46 bits per heavy atom. The molecule has 0 aromatic rings. The van der Waals surface area contributed by atoms with E-state index in [-0.39, 0.29) is 25.8 Å². The zero-order chi connectivity index (χ0) is 10.1. The number of nitrogens with one attached hydrogen (secondary N) is 1. The SMILES string of the molecule is NC(=O)NCCC1(C(F)(F)F)CC1. The quantitative estimate of drug-likeness (QED) is 0.704. The molecule has 0 unspecified atom stereocenters. The third kappa shape index (κ3) is 2.26. The third-order valence-corrected chi connectivity index (χ3v) is 2.36. The molecular formula is C7H11F3N2O. The maximum atomic E-state index is 12.3. The van der Waals surface area contributed by atoms with Crippen molar-refractivity contribution in [1.29, 1.82) is 0 Å². The first-order valence-electron chi connectivity index (χ1n) is 3.97. The number of halogens is 3. The fourth-order valence-corrected chi connectivity index (χ4v) is 1.25. The van der Waals surface area contributed by atoms with Crippen LogP contribution in [0.2, 0.25) is 0 Å². The van der Waals surface area contributed by atoms with Crippen LogP contribution < -0.4 is 11.1 Å². The van der Waals surface area contributed by atoms with E-state index in [1.807, 2.05) is 0 Å². The molecule has 0 bridgehead atoms.